The summed E-state index contributed by atoms with van der Waals surface area (Å²) in [6, 6.07) is 7.06. The Bertz CT molecular complexity index is 469. The van der Waals surface area contributed by atoms with E-state index >= 15 is 0 Å². The molecule has 0 radical (unpaired) electrons. The Kier molecular flexibility index (Phi) is 3.83. The van der Waals surface area contributed by atoms with E-state index in [0.29, 0.717) is 6.04 Å². The number of aromatic nitrogens is 1. The second kappa shape index (κ2) is 5.45. The quantitative estimate of drug-likeness (QED) is 0.914. The van der Waals surface area contributed by atoms with Crippen LogP contribution in [0.2, 0.25) is 0 Å². The smallest absolute Gasteiger partial charge is 0.0547 e. The molecule has 3 nitrogen and oxygen atoms in total. The average Bonchev–Trinajstić information content (AvgIpc) is 3.26. The summed E-state index contributed by atoms with van der Waals surface area (Å²) in [4.78, 5) is 7.35. The molecule has 1 aromatic rings. The molecule has 0 spiro atoms. The zero-order valence-corrected chi connectivity index (χ0v) is 13.0. The Labute approximate surface area is 122 Å². The number of hydrogen-bond donors (Lipinski definition) is 1. The van der Waals surface area contributed by atoms with Gasteiger partial charge < -0.3 is 5.32 Å². The van der Waals surface area contributed by atoms with Crippen LogP contribution in [0.25, 0.3) is 0 Å². The van der Waals surface area contributed by atoms with E-state index in [1.807, 2.05) is 0 Å². The first kappa shape index (κ1) is 14.0. The van der Waals surface area contributed by atoms with Crippen LogP contribution in [-0.4, -0.2) is 34.6 Å². The fraction of sp³-hybridized carbons (Fsp3) is 0.706. The molecule has 2 heterocycles. The maximum Gasteiger partial charge on any atom is 0.0547 e. The highest BCUT2D eigenvalue weighted by Crippen LogP contribution is 2.36. The molecule has 1 aliphatic heterocycles. The molecule has 0 bridgehead atoms. The third kappa shape index (κ3) is 2.89. The van der Waals surface area contributed by atoms with Crippen LogP contribution in [0, 0.1) is 12.8 Å². The number of piperazine rings is 1. The fourth-order valence-corrected chi connectivity index (χ4v) is 3.29. The van der Waals surface area contributed by atoms with Crippen molar-refractivity contribution in [3.05, 3.63) is 29.6 Å². The van der Waals surface area contributed by atoms with Gasteiger partial charge in [-0.25, -0.2) is 0 Å². The van der Waals surface area contributed by atoms with Gasteiger partial charge in [0.2, 0.25) is 0 Å². The maximum absolute atomic E-state index is 4.69. The van der Waals surface area contributed by atoms with Gasteiger partial charge in [0.15, 0.2) is 0 Å². The highest BCUT2D eigenvalue weighted by Gasteiger charge is 2.41. The third-order valence-electron chi connectivity index (χ3n) is 5.18. The van der Waals surface area contributed by atoms with Gasteiger partial charge in [-0.3, -0.25) is 9.88 Å². The highest BCUT2D eigenvalue weighted by atomic mass is 15.3. The van der Waals surface area contributed by atoms with Gasteiger partial charge >= 0.3 is 0 Å². The van der Waals surface area contributed by atoms with Gasteiger partial charge in [-0.05, 0) is 51.2 Å². The molecule has 2 aliphatic rings. The summed E-state index contributed by atoms with van der Waals surface area (Å²) in [6.07, 6.45) is 4.01. The molecule has 0 amide bonds. The van der Waals surface area contributed by atoms with Crippen LogP contribution in [0.5, 0.6) is 0 Å². The van der Waals surface area contributed by atoms with Crippen LogP contribution in [-0.2, 0) is 6.54 Å². The Hall–Kier alpha value is -0.930. The van der Waals surface area contributed by atoms with Crippen LogP contribution in [0.3, 0.4) is 0 Å². The van der Waals surface area contributed by atoms with Gasteiger partial charge in [-0.1, -0.05) is 13.0 Å². The van der Waals surface area contributed by atoms with Crippen LogP contribution in [0.4, 0.5) is 0 Å². The second-order valence-electron chi connectivity index (χ2n) is 6.83. The Balaban J connectivity index is 1.75. The standard InChI is InChI=1S/C17H27N3/c1-4-17(3)12-18-16(14-8-9-14)11-20(17)10-15-7-5-6-13(2)19-15/h5-7,14,16,18H,4,8-12H2,1-3H3. The van der Waals surface area contributed by atoms with Crippen LogP contribution < -0.4 is 5.32 Å². The lowest BCUT2D eigenvalue weighted by molar-refractivity contribution is 0.0358. The largest absolute Gasteiger partial charge is 0.311 e. The number of aryl methyl sites for hydroxylation is 1. The summed E-state index contributed by atoms with van der Waals surface area (Å²) in [5.41, 5.74) is 2.59. The summed E-state index contributed by atoms with van der Waals surface area (Å²) >= 11 is 0. The molecule has 1 aliphatic carbocycles. The van der Waals surface area contributed by atoms with Crippen molar-refractivity contribution in [1.29, 1.82) is 0 Å². The van der Waals surface area contributed by atoms with Gasteiger partial charge in [0.25, 0.3) is 0 Å². The van der Waals surface area contributed by atoms with E-state index in [1.54, 1.807) is 0 Å². The van der Waals surface area contributed by atoms with Gasteiger partial charge in [0, 0.05) is 36.9 Å². The molecule has 1 aromatic heterocycles. The van der Waals surface area contributed by atoms with Gasteiger partial charge in [-0.2, -0.15) is 0 Å². The van der Waals surface area contributed by atoms with Crippen LogP contribution >= 0.6 is 0 Å². The zero-order valence-electron chi connectivity index (χ0n) is 13.0. The molecular weight excluding hydrogens is 246 g/mol. The normalized spacial score (nSPS) is 31.4. The van der Waals surface area contributed by atoms with Crippen molar-refractivity contribution in [1.82, 2.24) is 15.2 Å². The summed E-state index contributed by atoms with van der Waals surface area (Å²) in [5.74, 6) is 0.921. The highest BCUT2D eigenvalue weighted by molar-refractivity contribution is 5.11. The van der Waals surface area contributed by atoms with Crippen molar-refractivity contribution >= 4 is 0 Å². The molecule has 2 fully saturated rings. The van der Waals surface area contributed by atoms with E-state index < -0.39 is 0 Å². The summed E-state index contributed by atoms with van der Waals surface area (Å²) in [7, 11) is 0. The zero-order chi connectivity index (χ0) is 14.2. The molecule has 1 N–H and O–H groups in total. The van der Waals surface area contributed by atoms with Crippen molar-refractivity contribution in [3.63, 3.8) is 0 Å². The lowest BCUT2D eigenvalue weighted by Crippen LogP contribution is -2.63. The van der Waals surface area contributed by atoms with Gasteiger partial charge in [0.1, 0.15) is 0 Å². The minimum atomic E-state index is 0.261. The number of nitrogens with zero attached hydrogens (tertiary/aromatic N) is 2. The maximum atomic E-state index is 4.69. The molecule has 0 aromatic carbocycles. The van der Waals surface area contributed by atoms with E-state index in [0.717, 1.165) is 24.7 Å². The molecule has 1 saturated heterocycles. The van der Waals surface area contributed by atoms with E-state index in [4.69, 9.17) is 4.98 Å². The number of nitrogens with one attached hydrogen (secondary N) is 1. The second-order valence-corrected chi connectivity index (χ2v) is 6.83. The number of rotatable bonds is 4. The van der Waals surface area contributed by atoms with Crippen LogP contribution in [0.1, 0.15) is 44.5 Å². The predicted molar refractivity (Wildman–Crippen MR) is 82.6 cm³/mol. The summed E-state index contributed by atoms with van der Waals surface area (Å²) < 4.78 is 0. The first-order valence-corrected chi connectivity index (χ1v) is 8.02. The van der Waals surface area contributed by atoms with E-state index in [9.17, 15) is 0 Å². The first-order chi connectivity index (χ1) is 9.60. The summed E-state index contributed by atoms with van der Waals surface area (Å²) in [6.45, 7) is 10.0. The lowest BCUT2D eigenvalue weighted by Gasteiger charge is -2.48. The Morgan fingerprint density at radius 3 is 2.85 bits per heavy atom. The third-order valence-corrected chi connectivity index (χ3v) is 5.18. The molecule has 1 saturated carbocycles. The molecule has 2 unspecified atom stereocenters. The van der Waals surface area contributed by atoms with E-state index in [2.05, 4.69) is 49.2 Å². The molecule has 3 heteroatoms. The Morgan fingerprint density at radius 1 is 1.40 bits per heavy atom. The molecular formula is C17H27N3. The van der Waals surface area contributed by atoms with Crippen molar-refractivity contribution in [2.45, 2.75) is 58.2 Å². The fourth-order valence-electron chi connectivity index (χ4n) is 3.29. The predicted octanol–water partition coefficient (Wildman–Crippen LogP) is 2.74. The molecule has 3 rings (SSSR count). The minimum Gasteiger partial charge on any atom is -0.311 e. The number of hydrogen-bond acceptors (Lipinski definition) is 3. The minimum absolute atomic E-state index is 0.261. The van der Waals surface area contributed by atoms with Gasteiger partial charge in [0.05, 0.1) is 5.69 Å². The molecule has 20 heavy (non-hydrogen) atoms. The van der Waals surface area contributed by atoms with E-state index in [1.165, 1.54) is 31.5 Å². The number of pyridine rings is 1. The molecule has 2 atom stereocenters. The van der Waals surface area contributed by atoms with Gasteiger partial charge in [-0.15, -0.1) is 0 Å². The van der Waals surface area contributed by atoms with E-state index in [-0.39, 0.29) is 5.54 Å². The lowest BCUT2D eigenvalue weighted by atomic mass is 9.91. The average molecular weight is 273 g/mol. The van der Waals surface area contributed by atoms with Crippen molar-refractivity contribution in [3.8, 4) is 0 Å². The van der Waals surface area contributed by atoms with Crippen molar-refractivity contribution in [2.75, 3.05) is 13.1 Å². The van der Waals surface area contributed by atoms with Crippen molar-refractivity contribution in [2.24, 2.45) is 5.92 Å². The monoisotopic (exact) mass is 273 g/mol. The Morgan fingerprint density at radius 2 is 2.20 bits per heavy atom. The van der Waals surface area contributed by atoms with Crippen molar-refractivity contribution < 1.29 is 0 Å². The molecule has 110 valence electrons. The summed E-state index contributed by atoms with van der Waals surface area (Å²) in [5, 5.41) is 3.79. The topological polar surface area (TPSA) is 28.2 Å². The first-order valence-electron chi connectivity index (χ1n) is 8.02. The van der Waals surface area contributed by atoms with Crippen LogP contribution in [0.15, 0.2) is 18.2 Å². The SMILES string of the molecule is CCC1(C)CNC(C2CC2)CN1Cc1cccc(C)n1.